The average molecular weight is 295 g/mol. The predicted molar refractivity (Wildman–Crippen MR) is 87.8 cm³/mol. The van der Waals surface area contributed by atoms with Gasteiger partial charge in [-0.25, -0.2) is 9.97 Å². The van der Waals surface area contributed by atoms with Crippen LogP contribution in [0.5, 0.6) is 0 Å². The normalized spacial score (nSPS) is 10.9. The van der Waals surface area contributed by atoms with Crippen LogP contribution in [0, 0.1) is 0 Å². The maximum absolute atomic E-state index is 5.37. The highest BCUT2D eigenvalue weighted by Crippen LogP contribution is 2.11. The van der Waals surface area contributed by atoms with E-state index in [4.69, 9.17) is 4.74 Å². The van der Waals surface area contributed by atoms with E-state index >= 15 is 0 Å². The first-order valence-electron chi connectivity index (χ1n) is 7.83. The molecule has 0 atom stereocenters. The van der Waals surface area contributed by atoms with E-state index in [0.29, 0.717) is 19.0 Å². The van der Waals surface area contributed by atoms with E-state index < -0.39 is 0 Å². The summed E-state index contributed by atoms with van der Waals surface area (Å²) in [5.74, 6) is 2.37. The van der Waals surface area contributed by atoms with Crippen LogP contribution in [0.25, 0.3) is 0 Å². The van der Waals surface area contributed by atoms with Gasteiger partial charge in [0.05, 0.1) is 0 Å². The second kappa shape index (κ2) is 10.3. The number of hydrogen-bond donors (Lipinski definition) is 2. The standard InChI is InChI=1S/C15H29N5O/c1-5-20(6-2)10-8-9-17-14-11-13(16-4)18-15(19-14)12-21-7-3/h11H,5-10,12H2,1-4H3,(H2,16,17,18,19). The molecular formula is C15H29N5O. The summed E-state index contributed by atoms with van der Waals surface area (Å²) in [6.45, 7) is 11.7. The molecule has 0 radical (unpaired) electrons. The minimum atomic E-state index is 0.445. The molecule has 1 aromatic rings. The van der Waals surface area contributed by atoms with Gasteiger partial charge in [0, 0.05) is 26.3 Å². The molecule has 0 saturated carbocycles. The van der Waals surface area contributed by atoms with E-state index in [-0.39, 0.29) is 0 Å². The van der Waals surface area contributed by atoms with Crippen LogP contribution in [-0.2, 0) is 11.3 Å². The maximum atomic E-state index is 5.37. The van der Waals surface area contributed by atoms with Gasteiger partial charge in [-0.2, -0.15) is 0 Å². The number of nitrogens with one attached hydrogen (secondary N) is 2. The number of ether oxygens (including phenoxy) is 1. The molecule has 6 nitrogen and oxygen atoms in total. The highest BCUT2D eigenvalue weighted by molar-refractivity contribution is 5.47. The fraction of sp³-hybridized carbons (Fsp3) is 0.733. The van der Waals surface area contributed by atoms with Gasteiger partial charge >= 0.3 is 0 Å². The molecule has 0 aliphatic carbocycles. The Morgan fingerprint density at radius 2 is 1.86 bits per heavy atom. The summed E-state index contributed by atoms with van der Waals surface area (Å²) in [7, 11) is 1.86. The smallest absolute Gasteiger partial charge is 0.158 e. The van der Waals surface area contributed by atoms with Gasteiger partial charge in [-0.05, 0) is 33.0 Å². The van der Waals surface area contributed by atoms with Crippen molar-refractivity contribution in [1.82, 2.24) is 14.9 Å². The lowest BCUT2D eigenvalue weighted by Crippen LogP contribution is -2.25. The van der Waals surface area contributed by atoms with Crippen LogP contribution in [0.15, 0.2) is 6.07 Å². The van der Waals surface area contributed by atoms with Gasteiger partial charge in [-0.15, -0.1) is 0 Å². The Kier molecular flexibility index (Phi) is 8.69. The van der Waals surface area contributed by atoms with Crippen molar-refractivity contribution in [3.8, 4) is 0 Å². The van der Waals surface area contributed by atoms with Crippen LogP contribution in [0.3, 0.4) is 0 Å². The van der Waals surface area contributed by atoms with Crippen molar-refractivity contribution in [2.24, 2.45) is 0 Å². The van der Waals surface area contributed by atoms with E-state index in [2.05, 4.69) is 39.3 Å². The number of hydrogen-bond acceptors (Lipinski definition) is 6. The monoisotopic (exact) mass is 295 g/mol. The zero-order valence-corrected chi connectivity index (χ0v) is 13.8. The Labute approximate surface area is 128 Å². The zero-order valence-electron chi connectivity index (χ0n) is 13.8. The molecule has 0 aliphatic heterocycles. The molecule has 0 spiro atoms. The van der Waals surface area contributed by atoms with Gasteiger partial charge in [0.15, 0.2) is 5.82 Å². The van der Waals surface area contributed by atoms with Crippen molar-refractivity contribution >= 4 is 11.6 Å². The summed E-state index contributed by atoms with van der Waals surface area (Å²) in [5.41, 5.74) is 0. The molecule has 0 fully saturated rings. The van der Waals surface area contributed by atoms with Crippen LogP contribution >= 0.6 is 0 Å². The zero-order chi connectivity index (χ0) is 15.5. The van der Waals surface area contributed by atoms with Gasteiger partial charge in [0.2, 0.25) is 0 Å². The molecule has 1 aromatic heterocycles. The maximum Gasteiger partial charge on any atom is 0.158 e. The third-order valence-corrected chi connectivity index (χ3v) is 3.32. The Morgan fingerprint density at radius 3 is 2.48 bits per heavy atom. The molecule has 0 saturated heterocycles. The van der Waals surface area contributed by atoms with Crippen molar-refractivity contribution in [1.29, 1.82) is 0 Å². The number of anilines is 2. The number of rotatable bonds is 11. The minimum Gasteiger partial charge on any atom is -0.374 e. The summed E-state index contributed by atoms with van der Waals surface area (Å²) in [4.78, 5) is 11.3. The Bertz CT molecular complexity index is 396. The first kappa shape index (κ1) is 17.7. The molecule has 1 rings (SSSR count). The molecule has 120 valence electrons. The summed E-state index contributed by atoms with van der Waals surface area (Å²) in [6, 6.07) is 1.92. The minimum absolute atomic E-state index is 0.445. The Morgan fingerprint density at radius 1 is 1.14 bits per heavy atom. The Hall–Kier alpha value is -1.40. The molecule has 21 heavy (non-hydrogen) atoms. The van der Waals surface area contributed by atoms with E-state index in [9.17, 15) is 0 Å². The van der Waals surface area contributed by atoms with Crippen molar-refractivity contribution in [3.63, 3.8) is 0 Å². The van der Waals surface area contributed by atoms with Gasteiger partial charge in [0.25, 0.3) is 0 Å². The molecule has 0 bridgehead atoms. The van der Waals surface area contributed by atoms with Crippen molar-refractivity contribution < 1.29 is 4.74 Å². The van der Waals surface area contributed by atoms with Crippen LogP contribution < -0.4 is 10.6 Å². The second-order valence-electron chi connectivity index (χ2n) is 4.75. The third kappa shape index (κ3) is 6.73. The van der Waals surface area contributed by atoms with Gasteiger partial charge < -0.3 is 20.3 Å². The summed E-state index contributed by atoms with van der Waals surface area (Å²) in [5, 5.41) is 6.42. The fourth-order valence-electron chi connectivity index (χ4n) is 2.03. The van der Waals surface area contributed by atoms with E-state index in [1.807, 2.05) is 20.0 Å². The first-order valence-corrected chi connectivity index (χ1v) is 7.83. The van der Waals surface area contributed by atoms with Crippen LogP contribution in [0.4, 0.5) is 11.6 Å². The molecule has 0 amide bonds. The van der Waals surface area contributed by atoms with Gasteiger partial charge in [-0.3, -0.25) is 0 Å². The topological polar surface area (TPSA) is 62.3 Å². The number of nitrogens with zero attached hydrogens (tertiary/aromatic N) is 3. The molecule has 1 heterocycles. The molecule has 2 N–H and O–H groups in total. The van der Waals surface area contributed by atoms with Crippen molar-refractivity contribution in [2.75, 3.05) is 50.5 Å². The van der Waals surface area contributed by atoms with Crippen molar-refractivity contribution in [3.05, 3.63) is 11.9 Å². The fourth-order valence-corrected chi connectivity index (χ4v) is 2.03. The van der Waals surface area contributed by atoms with Crippen LogP contribution in [-0.4, -0.2) is 54.7 Å². The molecule has 6 heteroatoms. The molecule has 0 unspecified atom stereocenters. The van der Waals surface area contributed by atoms with E-state index in [1.165, 1.54) is 0 Å². The van der Waals surface area contributed by atoms with E-state index in [0.717, 1.165) is 44.2 Å². The summed E-state index contributed by atoms with van der Waals surface area (Å²) in [6.07, 6.45) is 1.10. The highest BCUT2D eigenvalue weighted by Gasteiger charge is 2.04. The van der Waals surface area contributed by atoms with Gasteiger partial charge in [-0.1, -0.05) is 13.8 Å². The molecular weight excluding hydrogens is 266 g/mol. The summed E-state index contributed by atoms with van der Waals surface area (Å²) < 4.78 is 5.37. The second-order valence-corrected chi connectivity index (χ2v) is 4.75. The van der Waals surface area contributed by atoms with E-state index in [1.54, 1.807) is 0 Å². The SMILES string of the molecule is CCOCc1nc(NC)cc(NCCCN(CC)CC)n1. The number of aromatic nitrogens is 2. The highest BCUT2D eigenvalue weighted by atomic mass is 16.5. The third-order valence-electron chi connectivity index (χ3n) is 3.32. The molecule has 0 aliphatic rings. The Balaban J connectivity index is 2.49. The van der Waals surface area contributed by atoms with Crippen LogP contribution in [0.1, 0.15) is 33.0 Å². The molecule has 0 aromatic carbocycles. The quantitative estimate of drug-likeness (QED) is 0.610. The first-order chi connectivity index (χ1) is 10.2. The predicted octanol–water partition coefficient (Wildman–Crippen LogP) is 2.20. The lowest BCUT2D eigenvalue weighted by Gasteiger charge is -2.18. The lowest BCUT2D eigenvalue weighted by atomic mass is 10.3. The average Bonchev–Trinajstić information content (AvgIpc) is 2.52. The summed E-state index contributed by atoms with van der Waals surface area (Å²) >= 11 is 0. The van der Waals surface area contributed by atoms with Gasteiger partial charge in [0.1, 0.15) is 18.2 Å². The van der Waals surface area contributed by atoms with Crippen molar-refractivity contribution in [2.45, 2.75) is 33.8 Å². The lowest BCUT2D eigenvalue weighted by molar-refractivity contribution is 0.128. The largest absolute Gasteiger partial charge is 0.374 e. The van der Waals surface area contributed by atoms with Crippen LogP contribution in [0.2, 0.25) is 0 Å².